The highest BCUT2D eigenvalue weighted by molar-refractivity contribution is 5.14. The Morgan fingerprint density at radius 2 is 2.09 bits per heavy atom. The molecule has 0 heterocycles. The lowest BCUT2D eigenvalue weighted by Crippen LogP contribution is -2.27. The van der Waals surface area contributed by atoms with Gasteiger partial charge in [-0.3, -0.25) is 0 Å². The molecule has 3 rings (SSSR count). The fourth-order valence-corrected chi connectivity index (χ4v) is 3.52. The Bertz CT molecular complexity index is 209. The van der Waals surface area contributed by atoms with E-state index in [1.54, 1.807) is 0 Å². The Morgan fingerprint density at radius 3 is 3.00 bits per heavy atom. The first-order chi connectivity index (χ1) is 5.36. The number of hydrogen-bond acceptors (Lipinski definition) is 1. The first-order valence-corrected chi connectivity index (χ1v) is 4.71. The molecule has 1 heteroatoms. The standard InChI is InChI=1S/C10H14O/c11-10-5-6-4-9(10)8-3-1-2-7(6)8/h1-2,6-11H,3-5H2/t6-,7+,8+,9+,10-/m1/s1. The third-order valence-corrected chi connectivity index (χ3v) is 3.97. The Hall–Kier alpha value is -0.300. The fourth-order valence-electron chi connectivity index (χ4n) is 3.52. The molecule has 0 aromatic carbocycles. The predicted octanol–water partition coefficient (Wildman–Crippen LogP) is 1.58. The molecule has 2 saturated carbocycles. The second-order valence-electron chi connectivity index (χ2n) is 4.37. The van der Waals surface area contributed by atoms with Gasteiger partial charge < -0.3 is 5.11 Å². The minimum Gasteiger partial charge on any atom is -0.393 e. The van der Waals surface area contributed by atoms with Gasteiger partial charge in [-0.1, -0.05) is 12.2 Å². The third-order valence-electron chi connectivity index (χ3n) is 3.97. The van der Waals surface area contributed by atoms with Crippen LogP contribution in [0.1, 0.15) is 19.3 Å². The topological polar surface area (TPSA) is 20.2 Å². The molecular formula is C10H14O. The molecule has 3 aliphatic carbocycles. The summed E-state index contributed by atoms with van der Waals surface area (Å²) in [5, 5.41) is 9.64. The van der Waals surface area contributed by atoms with Gasteiger partial charge >= 0.3 is 0 Å². The maximum Gasteiger partial charge on any atom is 0.0574 e. The van der Waals surface area contributed by atoms with Crippen LogP contribution in [0.3, 0.4) is 0 Å². The number of allylic oxidation sites excluding steroid dienone is 2. The van der Waals surface area contributed by atoms with Crippen molar-refractivity contribution in [2.45, 2.75) is 25.4 Å². The molecule has 0 aliphatic heterocycles. The molecule has 0 spiro atoms. The second kappa shape index (κ2) is 1.89. The van der Waals surface area contributed by atoms with Crippen molar-refractivity contribution in [1.82, 2.24) is 0 Å². The van der Waals surface area contributed by atoms with Gasteiger partial charge in [0.2, 0.25) is 0 Å². The van der Waals surface area contributed by atoms with Crippen LogP contribution in [-0.2, 0) is 0 Å². The number of hydrogen-bond donors (Lipinski definition) is 1. The number of fused-ring (bicyclic) bond motifs is 5. The fraction of sp³-hybridized carbons (Fsp3) is 0.800. The van der Waals surface area contributed by atoms with Crippen molar-refractivity contribution in [2.75, 3.05) is 0 Å². The summed E-state index contributed by atoms with van der Waals surface area (Å²) in [6.45, 7) is 0. The summed E-state index contributed by atoms with van der Waals surface area (Å²) in [6, 6.07) is 0. The van der Waals surface area contributed by atoms with Crippen LogP contribution >= 0.6 is 0 Å². The second-order valence-corrected chi connectivity index (χ2v) is 4.37. The van der Waals surface area contributed by atoms with Gasteiger partial charge in [-0.25, -0.2) is 0 Å². The van der Waals surface area contributed by atoms with Crippen molar-refractivity contribution in [1.29, 1.82) is 0 Å². The summed E-state index contributed by atoms with van der Waals surface area (Å²) in [4.78, 5) is 0. The van der Waals surface area contributed by atoms with Gasteiger partial charge in [0.05, 0.1) is 6.10 Å². The lowest BCUT2D eigenvalue weighted by Gasteiger charge is -2.27. The highest BCUT2D eigenvalue weighted by atomic mass is 16.3. The van der Waals surface area contributed by atoms with E-state index in [1.165, 1.54) is 12.8 Å². The molecule has 2 fully saturated rings. The maximum absolute atomic E-state index is 9.64. The van der Waals surface area contributed by atoms with E-state index in [1.807, 2.05) is 0 Å². The largest absolute Gasteiger partial charge is 0.393 e. The number of rotatable bonds is 0. The van der Waals surface area contributed by atoms with Crippen LogP contribution in [0.5, 0.6) is 0 Å². The van der Waals surface area contributed by atoms with Crippen LogP contribution < -0.4 is 0 Å². The van der Waals surface area contributed by atoms with Gasteiger partial charge in [-0.05, 0) is 42.9 Å². The molecule has 0 radical (unpaired) electrons. The Balaban J connectivity index is 1.94. The molecule has 3 aliphatic rings. The SMILES string of the molecule is O[C@@H]1C[C@H]2C[C@H]1[C@H]1CC=C[C@@H]21. The molecule has 0 aromatic rings. The normalized spacial score (nSPS) is 58.8. The molecule has 11 heavy (non-hydrogen) atoms. The van der Waals surface area contributed by atoms with Gasteiger partial charge in [0.25, 0.3) is 0 Å². The van der Waals surface area contributed by atoms with Gasteiger partial charge in [0, 0.05) is 0 Å². The van der Waals surface area contributed by atoms with Crippen molar-refractivity contribution >= 4 is 0 Å². The number of aliphatic hydroxyl groups is 1. The monoisotopic (exact) mass is 150 g/mol. The van der Waals surface area contributed by atoms with Crippen LogP contribution in [0.15, 0.2) is 12.2 Å². The summed E-state index contributed by atoms with van der Waals surface area (Å²) in [7, 11) is 0. The van der Waals surface area contributed by atoms with E-state index >= 15 is 0 Å². The Labute approximate surface area is 67.1 Å². The third kappa shape index (κ3) is 0.652. The summed E-state index contributed by atoms with van der Waals surface area (Å²) < 4.78 is 0. The molecule has 60 valence electrons. The summed E-state index contributed by atoms with van der Waals surface area (Å²) >= 11 is 0. The zero-order chi connectivity index (χ0) is 7.42. The van der Waals surface area contributed by atoms with Crippen LogP contribution in [-0.4, -0.2) is 11.2 Å². The van der Waals surface area contributed by atoms with Crippen LogP contribution in [0.4, 0.5) is 0 Å². The van der Waals surface area contributed by atoms with Crippen molar-refractivity contribution in [3.63, 3.8) is 0 Å². The summed E-state index contributed by atoms with van der Waals surface area (Å²) in [5.74, 6) is 3.16. The van der Waals surface area contributed by atoms with Crippen molar-refractivity contribution in [2.24, 2.45) is 23.7 Å². The van der Waals surface area contributed by atoms with E-state index in [9.17, 15) is 5.11 Å². The molecule has 0 unspecified atom stereocenters. The molecule has 1 nitrogen and oxygen atoms in total. The minimum absolute atomic E-state index is 0.0427. The smallest absolute Gasteiger partial charge is 0.0574 e. The first-order valence-electron chi connectivity index (χ1n) is 4.71. The molecule has 2 bridgehead atoms. The van der Waals surface area contributed by atoms with Gasteiger partial charge in [0.1, 0.15) is 0 Å². The van der Waals surface area contributed by atoms with E-state index in [-0.39, 0.29) is 6.10 Å². The quantitative estimate of drug-likeness (QED) is 0.520. The minimum atomic E-state index is 0.0427. The highest BCUT2D eigenvalue weighted by Gasteiger charge is 2.51. The van der Waals surface area contributed by atoms with E-state index in [4.69, 9.17) is 0 Å². The summed E-state index contributed by atoms with van der Waals surface area (Å²) in [6.07, 6.45) is 8.37. The predicted molar refractivity (Wildman–Crippen MR) is 43.0 cm³/mol. The van der Waals surface area contributed by atoms with Crippen molar-refractivity contribution in [3.05, 3.63) is 12.2 Å². The average Bonchev–Trinajstić information content (AvgIpc) is 2.52. The molecule has 0 amide bonds. The average molecular weight is 150 g/mol. The van der Waals surface area contributed by atoms with Gasteiger partial charge in [-0.15, -0.1) is 0 Å². The zero-order valence-electron chi connectivity index (χ0n) is 6.61. The lowest BCUT2D eigenvalue weighted by atomic mass is 9.80. The van der Waals surface area contributed by atoms with Crippen LogP contribution in [0.2, 0.25) is 0 Å². The Morgan fingerprint density at radius 1 is 1.18 bits per heavy atom. The molecule has 0 aromatic heterocycles. The van der Waals surface area contributed by atoms with Crippen LogP contribution in [0, 0.1) is 23.7 Å². The van der Waals surface area contributed by atoms with Gasteiger partial charge in [0.15, 0.2) is 0 Å². The van der Waals surface area contributed by atoms with Gasteiger partial charge in [-0.2, -0.15) is 0 Å². The van der Waals surface area contributed by atoms with E-state index in [0.717, 1.165) is 24.2 Å². The van der Waals surface area contributed by atoms with Crippen LogP contribution in [0.25, 0.3) is 0 Å². The number of aliphatic hydroxyl groups excluding tert-OH is 1. The molecule has 0 saturated heterocycles. The Kier molecular flexibility index (Phi) is 1.07. The molecule has 1 N–H and O–H groups in total. The first kappa shape index (κ1) is 6.24. The van der Waals surface area contributed by atoms with Crippen molar-refractivity contribution < 1.29 is 5.11 Å². The zero-order valence-corrected chi connectivity index (χ0v) is 6.61. The summed E-state index contributed by atoms with van der Waals surface area (Å²) in [5.41, 5.74) is 0. The van der Waals surface area contributed by atoms with E-state index in [2.05, 4.69) is 12.2 Å². The van der Waals surface area contributed by atoms with E-state index in [0.29, 0.717) is 5.92 Å². The van der Waals surface area contributed by atoms with Crippen molar-refractivity contribution in [3.8, 4) is 0 Å². The molecular weight excluding hydrogens is 136 g/mol. The highest BCUT2D eigenvalue weighted by Crippen LogP contribution is 2.56. The van der Waals surface area contributed by atoms with E-state index < -0.39 is 0 Å². The lowest BCUT2D eigenvalue weighted by molar-refractivity contribution is 0.0697. The molecule has 5 atom stereocenters. The maximum atomic E-state index is 9.64.